The average Bonchev–Trinajstić information content (AvgIpc) is 2.68. The van der Waals surface area contributed by atoms with Gasteiger partial charge in [-0.1, -0.05) is 59.6 Å². The first-order chi connectivity index (χ1) is 13.4. The number of allylic oxidation sites excluding steroid dienone is 1. The van der Waals surface area contributed by atoms with Crippen LogP contribution in [0.5, 0.6) is 5.75 Å². The lowest BCUT2D eigenvalue weighted by Crippen LogP contribution is -2.10. The molecular weight excluding hydrogens is 394 g/mol. The molecule has 0 heterocycles. The zero-order valence-corrected chi connectivity index (χ0v) is 16.5. The normalized spacial score (nSPS) is 11.7. The van der Waals surface area contributed by atoms with Gasteiger partial charge in [0.1, 0.15) is 10.6 Å². The third-order valence-electron chi connectivity index (χ3n) is 4.00. The summed E-state index contributed by atoms with van der Waals surface area (Å²) in [5.74, 6) is 0.143. The van der Waals surface area contributed by atoms with Crippen LogP contribution in [-0.4, -0.2) is 8.42 Å². The molecule has 0 aliphatic carbocycles. The molecule has 0 aliphatic rings. The SMILES string of the molecule is Cc1ccc(S(=O)(=O)Oc2ccccc2/C=C(\C#N)c2ccc(Cl)cc2)cc1. The van der Waals surface area contributed by atoms with Crippen LogP contribution < -0.4 is 4.18 Å². The third kappa shape index (κ3) is 4.61. The van der Waals surface area contributed by atoms with E-state index in [1.165, 1.54) is 12.1 Å². The van der Waals surface area contributed by atoms with Crippen molar-refractivity contribution in [3.05, 3.63) is 94.5 Å². The van der Waals surface area contributed by atoms with Crippen molar-refractivity contribution >= 4 is 33.4 Å². The maximum Gasteiger partial charge on any atom is 0.339 e. The van der Waals surface area contributed by atoms with E-state index in [1.54, 1.807) is 66.7 Å². The molecule has 140 valence electrons. The monoisotopic (exact) mass is 409 g/mol. The van der Waals surface area contributed by atoms with Gasteiger partial charge < -0.3 is 4.18 Å². The summed E-state index contributed by atoms with van der Waals surface area (Å²) in [5.41, 5.74) is 2.46. The lowest BCUT2D eigenvalue weighted by molar-refractivity contribution is 0.485. The topological polar surface area (TPSA) is 67.2 Å². The Morgan fingerprint density at radius 3 is 2.29 bits per heavy atom. The van der Waals surface area contributed by atoms with Gasteiger partial charge in [0.15, 0.2) is 0 Å². The molecule has 3 rings (SSSR count). The fourth-order valence-corrected chi connectivity index (χ4v) is 3.59. The molecule has 3 aromatic carbocycles. The molecule has 0 unspecified atom stereocenters. The van der Waals surface area contributed by atoms with E-state index in [2.05, 4.69) is 6.07 Å². The largest absolute Gasteiger partial charge is 0.378 e. The molecule has 28 heavy (non-hydrogen) atoms. The second kappa shape index (κ2) is 8.30. The highest BCUT2D eigenvalue weighted by Crippen LogP contribution is 2.28. The number of hydrogen-bond donors (Lipinski definition) is 0. The molecule has 0 bridgehead atoms. The molecule has 3 aromatic rings. The first kappa shape index (κ1) is 19.7. The van der Waals surface area contributed by atoms with Gasteiger partial charge in [0.25, 0.3) is 0 Å². The number of hydrogen-bond acceptors (Lipinski definition) is 4. The number of para-hydroxylation sites is 1. The Balaban J connectivity index is 1.98. The number of benzene rings is 3. The summed E-state index contributed by atoms with van der Waals surface area (Å²) in [5, 5.41) is 10.1. The van der Waals surface area contributed by atoms with Crippen molar-refractivity contribution in [3.63, 3.8) is 0 Å². The van der Waals surface area contributed by atoms with Crippen molar-refractivity contribution in [2.45, 2.75) is 11.8 Å². The van der Waals surface area contributed by atoms with Crippen LogP contribution >= 0.6 is 11.6 Å². The van der Waals surface area contributed by atoms with Gasteiger partial charge in [-0.2, -0.15) is 13.7 Å². The van der Waals surface area contributed by atoms with Crippen LogP contribution in [0.1, 0.15) is 16.7 Å². The predicted octanol–water partition coefficient (Wildman–Crippen LogP) is 5.48. The first-order valence-electron chi connectivity index (χ1n) is 8.37. The maximum atomic E-state index is 12.6. The van der Waals surface area contributed by atoms with Gasteiger partial charge in [0.2, 0.25) is 0 Å². The second-order valence-electron chi connectivity index (χ2n) is 6.07. The molecule has 0 N–H and O–H groups in total. The number of rotatable bonds is 5. The minimum Gasteiger partial charge on any atom is -0.378 e. The quantitative estimate of drug-likeness (QED) is 0.318. The Morgan fingerprint density at radius 1 is 1.00 bits per heavy atom. The second-order valence-corrected chi connectivity index (χ2v) is 8.05. The third-order valence-corrected chi connectivity index (χ3v) is 5.50. The van der Waals surface area contributed by atoms with Gasteiger partial charge in [-0.05, 0) is 48.9 Å². The Morgan fingerprint density at radius 2 is 1.64 bits per heavy atom. The molecule has 4 nitrogen and oxygen atoms in total. The minimum atomic E-state index is -3.99. The molecule has 0 amide bonds. The summed E-state index contributed by atoms with van der Waals surface area (Å²) in [4.78, 5) is 0.0649. The Kier molecular flexibility index (Phi) is 5.84. The van der Waals surface area contributed by atoms with Gasteiger partial charge in [0, 0.05) is 10.6 Å². The van der Waals surface area contributed by atoms with Crippen molar-refractivity contribution in [2.75, 3.05) is 0 Å². The molecule has 0 radical (unpaired) electrons. The summed E-state index contributed by atoms with van der Waals surface area (Å²) < 4.78 is 30.6. The number of nitriles is 1. The molecule has 0 aliphatic heterocycles. The number of aryl methyl sites for hydroxylation is 1. The Hall–Kier alpha value is -3.07. The van der Waals surface area contributed by atoms with Crippen LogP contribution in [0.15, 0.2) is 77.7 Å². The van der Waals surface area contributed by atoms with Crippen molar-refractivity contribution in [1.82, 2.24) is 0 Å². The first-order valence-corrected chi connectivity index (χ1v) is 10.2. The highest BCUT2D eigenvalue weighted by atomic mass is 35.5. The lowest BCUT2D eigenvalue weighted by Gasteiger charge is -2.10. The predicted molar refractivity (Wildman–Crippen MR) is 110 cm³/mol. The molecule has 0 fully saturated rings. The molecule has 0 atom stereocenters. The van der Waals surface area contributed by atoms with Gasteiger partial charge >= 0.3 is 10.1 Å². The molecular formula is C22H16ClNO3S. The van der Waals surface area contributed by atoms with Crippen molar-refractivity contribution in [2.24, 2.45) is 0 Å². The number of halogens is 1. The van der Waals surface area contributed by atoms with E-state index in [-0.39, 0.29) is 10.6 Å². The highest BCUT2D eigenvalue weighted by Gasteiger charge is 2.18. The van der Waals surface area contributed by atoms with E-state index in [0.717, 1.165) is 5.56 Å². The minimum absolute atomic E-state index is 0.0649. The fourth-order valence-electron chi connectivity index (χ4n) is 2.51. The van der Waals surface area contributed by atoms with Crippen LogP contribution in [0.4, 0.5) is 0 Å². The number of nitrogens with zero attached hydrogens (tertiary/aromatic N) is 1. The van der Waals surface area contributed by atoms with Gasteiger partial charge in [-0.25, -0.2) is 0 Å². The van der Waals surface area contributed by atoms with Crippen LogP contribution in [-0.2, 0) is 10.1 Å². The zero-order chi connectivity index (χ0) is 20.1. The van der Waals surface area contributed by atoms with E-state index in [4.69, 9.17) is 15.8 Å². The summed E-state index contributed by atoms with van der Waals surface area (Å²) >= 11 is 5.90. The summed E-state index contributed by atoms with van der Waals surface area (Å²) in [7, 11) is -3.99. The van der Waals surface area contributed by atoms with Crippen LogP contribution in [0.3, 0.4) is 0 Å². The van der Waals surface area contributed by atoms with Crippen LogP contribution in [0.25, 0.3) is 11.6 Å². The van der Waals surface area contributed by atoms with Gasteiger partial charge in [0.05, 0.1) is 11.6 Å². The lowest BCUT2D eigenvalue weighted by atomic mass is 10.0. The zero-order valence-electron chi connectivity index (χ0n) is 15.0. The molecule has 0 spiro atoms. The Labute approximate surface area is 169 Å². The van der Waals surface area contributed by atoms with E-state index in [1.807, 2.05) is 6.92 Å². The van der Waals surface area contributed by atoms with Gasteiger partial charge in [-0.15, -0.1) is 0 Å². The van der Waals surface area contributed by atoms with E-state index in [9.17, 15) is 13.7 Å². The maximum absolute atomic E-state index is 12.6. The molecule has 0 aromatic heterocycles. The summed E-state index contributed by atoms with van der Waals surface area (Å²) in [6, 6.07) is 22.0. The molecule has 0 saturated heterocycles. The fraction of sp³-hybridized carbons (Fsp3) is 0.0455. The van der Waals surface area contributed by atoms with Gasteiger partial charge in [-0.3, -0.25) is 0 Å². The van der Waals surface area contributed by atoms with Crippen molar-refractivity contribution < 1.29 is 12.6 Å². The van der Waals surface area contributed by atoms with Crippen LogP contribution in [0.2, 0.25) is 5.02 Å². The molecule has 0 saturated carbocycles. The smallest absolute Gasteiger partial charge is 0.339 e. The van der Waals surface area contributed by atoms with Crippen molar-refractivity contribution in [1.29, 1.82) is 5.26 Å². The van der Waals surface area contributed by atoms with E-state index < -0.39 is 10.1 Å². The standard InChI is InChI=1S/C22H16ClNO3S/c1-16-6-12-21(13-7-16)28(25,26)27-22-5-3-2-4-18(22)14-19(15-24)17-8-10-20(23)11-9-17/h2-14H,1H3/b19-14+. The Bertz CT molecular complexity index is 1160. The summed E-state index contributed by atoms with van der Waals surface area (Å²) in [6.45, 7) is 1.87. The van der Waals surface area contributed by atoms with E-state index >= 15 is 0 Å². The molecule has 6 heteroatoms. The van der Waals surface area contributed by atoms with Crippen LogP contribution in [0, 0.1) is 18.3 Å². The summed E-state index contributed by atoms with van der Waals surface area (Å²) in [6.07, 6.45) is 1.59. The van der Waals surface area contributed by atoms with E-state index in [0.29, 0.717) is 21.7 Å². The van der Waals surface area contributed by atoms with Crippen molar-refractivity contribution in [3.8, 4) is 11.8 Å². The average molecular weight is 410 g/mol. The highest BCUT2D eigenvalue weighted by molar-refractivity contribution is 7.87.